The third-order valence-corrected chi connectivity index (χ3v) is 13.8. The smallest absolute Gasteiger partial charge is 0.166 e. The number of hydrogen-bond acceptors (Lipinski definition) is 10. The second-order valence-electron chi connectivity index (χ2n) is 15.4. The van der Waals surface area contributed by atoms with Crippen molar-refractivity contribution in [2.75, 3.05) is 26.2 Å². The summed E-state index contributed by atoms with van der Waals surface area (Å²) in [5.74, 6) is 1.11. The Morgan fingerprint density at radius 1 is 0.700 bits per heavy atom. The van der Waals surface area contributed by atoms with Crippen LogP contribution >= 0.6 is 24.8 Å². The van der Waals surface area contributed by atoms with Gasteiger partial charge in [-0.3, -0.25) is 9.80 Å². The van der Waals surface area contributed by atoms with E-state index in [0.29, 0.717) is 76.0 Å². The molecule has 3 unspecified atom stereocenters. The van der Waals surface area contributed by atoms with Crippen LogP contribution in [0.2, 0.25) is 0 Å². The normalized spacial score (nSPS) is 39.7. The van der Waals surface area contributed by atoms with Crippen molar-refractivity contribution >= 4 is 36.2 Å². The Morgan fingerprint density at radius 2 is 1.12 bits per heavy atom. The van der Waals surface area contributed by atoms with Gasteiger partial charge in [-0.25, -0.2) is 0 Å². The molecule has 0 aromatic heterocycles. The molecule has 8 aliphatic rings. The first-order chi connectivity index (χ1) is 23.2. The van der Waals surface area contributed by atoms with Gasteiger partial charge in [0, 0.05) is 49.4 Å². The predicted octanol–water partition coefficient (Wildman–Crippen LogP) is 4.12. The number of ether oxygens (including phenoxy) is 2. The minimum absolute atomic E-state index is 0. The highest BCUT2D eigenvalue weighted by Gasteiger charge is 2.74. The second kappa shape index (κ2) is 11.2. The van der Waals surface area contributed by atoms with E-state index in [1.807, 2.05) is 24.3 Å². The van der Waals surface area contributed by atoms with Gasteiger partial charge in [-0.1, -0.05) is 24.3 Å². The maximum atomic E-state index is 12.7. The van der Waals surface area contributed by atoms with E-state index in [9.17, 15) is 20.4 Å². The van der Waals surface area contributed by atoms with E-state index in [4.69, 9.17) is 19.7 Å². The van der Waals surface area contributed by atoms with Gasteiger partial charge in [0.15, 0.2) is 35.2 Å². The molecular weight excluding hydrogens is 679 g/mol. The van der Waals surface area contributed by atoms with Crippen molar-refractivity contribution in [3.8, 4) is 23.0 Å². The number of halogens is 2. The Labute approximate surface area is 304 Å². The molecule has 2 saturated carbocycles. The Morgan fingerprint density at radius 3 is 1.52 bits per heavy atom. The zero-order chi connectivity index (χ0) is 32.8. The van der Waals surface area contributed by atoms with Crippen molar-refractivity contribution in [1.82, 2.24) is 9.80 Å². The highest BCUT2D eigenvalue weighted by atomic mass is 35.5. The summed E-state index contributed by atoms with van der Waals surface area (Å²) >= 11 is 0. The molecule has 2 aromatic rings. The number of nitrogens with zero attached hydrogens (tertiary/aromatic N) is 4. The molecule has 10 nitrogen and oxygen atoms in total. The molecule has 2 spiro atoms. The zero-order valence-corrected chi connectivity index (χ0v) is 29.5. The number of rotatable bonds is 5. The van der Waals surface area contributed by atoms with Gasteiger partial charge in [-0.2, -0.15) is 10.2 Å². The molecule has 50 heavy (non-hydrogen) atoms. The molecule has 4 aliphatic heterocycles. The number of aromatic hydroxyl groups is 2. The van der Waals surface area contributed by atoms with Crippen LogP contribution in [-0.4, -0.2) is 103 Å². The lowest BCUT2D eigenvalue weighted by molar-refractivity contribution is -0.164. The summed E-state index contributed by atoms with van der Waals surface area (Å²) in [6.45, 7) is 10.9. The van der Waals surface area contributed by atoms with Crippen molar-refractivity contribution in [2.45, 2.75) is 97.7 Å². The molecule has 4 N–H and O–H groups in total. The predicted molar refractivity (Wildman–Crippen MR) is 194 cm³/mol. The summed E-state index contributed by atoms with van der Waals surface area (Å²) in [7, 11) is 0. The lowest BCUT2D eigenvalue weighted by atomic mass is 9.48. The van der Waals surface area contributed by atoms with Gasteiger partial charge < -0.3 is 29.9 Å². The number of phenols is 2. The van der Waals surface area contributed by atoms with Gasteiger partial charge in [0.25, 0.3) is 0 Å². The lowest BCUT2D eigenvalue weighted by Gasteiger charge is -2.63. The number of phenolic OH excluding ortho intramolecular Hbond substituents is 2. The first-order valence-electron chi connectivity index (χ1n) is 17.5. The second-order valence-corrected chi connectivity index (χ2v) is 15.4. The Bertz CT molecular complexity index is 1750. The van der Waals surface area contributed by atoms with E-state index in [0.717, 1.165) is 46.8 Å². The third kappa shape index (κ3) is 3.75. The summed E-state index contributed by atoms with van der Waals surface area (Å²) in [6.07, 6.45) is 7.42. The van der Waals surface area contributed by atoms with E-state index in [-0.39, 0.29) is 48.4 Å². The molecule has 10 rings (SSSR count). The standard InChI is InChI=1S/C38H42N4O6.2ClH/c1-3-15-41-17-13-35-29-21-5-7-25(43)31(29)47-33(35)23(9-11-37(35,45)27(41)19-21)39-40-24-10-12-38(46)28-20-22-6-8-26(44)32-30(22)36(38,34(24)48-32)14-18-42(28)16-4-2;;/h3-8,27-28,33-34,43-46H,1-2,9-20H2;2*1H/b39-23-,40-24?;;/t27?,28?,33-,34-,35?,36+,37-,38-;;/m1../s1. The maximum Gasteiger partial charge on any atom is 0.166 e. The van der Waals surface area contributed by atoms with Crippen LogP contribution in [0, 0.1) is 0 Å². The molecular formula is C38H44Cl2N4O6. The monoisotopic (exact) mass is 722 g/mol. The van der Waals surface area contributed by atoms with E-state index < -0.39 is 34.2 Å². The van der Waals surface area contributed by atoms with Crippen LogP contribution in [0.4, 0.5) is 0 Å². The summed E-state index contributed by atoms with van der Waals surface area (Å²) < 4.78 is 13.3. The summed E-state index contributed by atoms with van der Waals surface area (Å²) in [6, 6.07) is 7.18. The van der Waals surface area contributed by atoms with Gasteiger partial charge in [0.1, 0.15) is 0 Å². The molecule has 12 heteroatoms. The molecule has 266 valence electrons. The fourth-order valence-electron chi connectivity index (χ4n) is 12.0. The zero-order valence-electron chi connectivity index (χ0n) is 27.9. The van der Waals surface area contributed by atoms with Crippen molar-refractivity contribution in [1.29, 1.82) is 0 Å². The Hall–Kier alpha value is -3.12. The van der Waals surface area contributed by atoms with Crippen molar-refractivity contribution in [2.24, 2.45) is 10.2 Å². The molecule has 4 aliphatic carbocycles. The van der Waals surface area contributed by atoms with Crippen LogP contribution in [0.3, 0.4) is 0 Å². The molecule has 8 atom stereocenters. The Balaban J connectivity index is 0.00000180. The SMILES string of the molecule is C=CCN1CCC23c4c5ccc(O)c4O[C@@H]2/C(=N\N=C2CC[C@@]4(O)C6Cc7ccc(O)c8c7[C@@]4(CCN6CC=C)[C@@H]2O8)CC[C@@]3(O)C1C5.Cl.Cl. The van der Waals surface area contributed by atoms with Crippen molar-refractivity contribution in [3.63, 3.8) is 0 Å². The minimum atomic E-state index is -1.06. The molecule has 2 saturated heterocycles. The van der Waals surface area contributed by atoms with Crippen molar-refractivity contribution in [3.05, 3.63) is 71.8 Å². The van der Waals surface area contributed by atoms with Crippen LogP contribution in [0.5, 0.6) is 23.0 Å². The summed E-state index contributed by atoms with van der Waals surface area (Å²) in [5.41, 5.74) is 1.99. The molecule has 4 fully saturated rings. The molecule has 0 amide bonds. The fourth-order valence-corrected chi connectivity index (χ4v) is 12.0. The highest BCUT2D eigenvalue weighted by Crippen LogP contribution is 2.66. The number of piperidine rings is 2. The van der Waals surface area contributed by atoms with Crippen LogP contribution in [0.1, 0.15) is 60.8 Å². The summed E-state index contributed by atoms with van der Waals surface area (Å²) in [4.78, 5) is 4.68. The first-order valence-corrected chi connectivity index (χ1v) is 17.5. The molecule has 4 heterocycles. The number of likely N-dealkylation sites (tertiary alicyclic amines) is 2. The van der Waals surface area contributed by atoms with Crippen LogP contribution < -0.4 is 9.47 Å². The van der Waals surface area contributed by atoms with Crippen LogP contribution in [0.25, 0.3) is 0 Å². The highest BCUT2D eigenvalue weighted by molar-refractivity contribution is 5.98. The van der Waals surface area contributed by atoms with Crippen LogP contribution in [-0.2, 0) is 23.7 Å². The molecule has 0 radical (unpaired) electrons. The third-order valence-electron chi connectivity index (χ3n) is 13.8. The maximum absolute atomic E-state index is 12.7. The van der Waals surface area contributed by atoms with E-state index in [1.54, 1.807) is 12.1 Å². The molecule has 2 aromatic carbocycles. The summed E-state index contributed by atoms with van der Waals surface area (Å²) in [5, 5.41) is 57.4. The van der Waals surface area contributed by atoms with Crippen molar-refractivity contribution < 1.29 is 29.9 Å². The fraction of sp³-hybridized carbons (Fsp3) is 0.526. The number of aliphatic hydroxyl groups is 2. The van der Waals surface area contributed by atoms with E-state index in [1.165, 1.54) is 0 Å². The lowest BCUT2D eigenvalue weighted by Crippen LogP contribution is -2.76. The Kier molecular flexibility index (Phi) is 7.61. The number of benzene rings is 2. The largest absolute Gasteiger partial charge is 0.504 e. The molecule has 4 bridgehead atoms. The van der Waals surface area contributed by atoms with Gasteiger partial charge in [-0.15, -0.1) is 38.0 Å². The van der Waals surface area contributed by atoms with E-state index in [2.05, 4.69) is 23.0 Å². The van der Waals surface area contributed by atoms with Crippen LogP contribution in [0.15, 0.2) is 59.8 Å². The minimum Gasteiger partial charge on any atom is -0.504 e. The average Bonchev–Trinajstić information content (AvgIpc) is 3.61. The number of hydrogen-bond donors (Lipinski definition) is 4. The average molecular weight is 724 g/mol. The van der Waals surface area contributed by atoms with Gasteiger partial charge >= 0.3 is 0 Å². The quantitative estimate of drug-likeness (QED) is 0.268. The first kappa shape index (κ1) is 34.0. The topological polar surface area (TPSA) is 131 Å². The van der Waals surface area contributed by atoms with Gasteiger partial charge in [0.05, 0.1) is 33.5 Å². The van der Waals surface area contributed by atoms with E-state index >= 15 is 0 Å². The van der Waals surface area contributed by atoms with Gasteiger partial charge in [0.2, 0.25) is 0 Å². The van der Waals surface area contributed by atoms with Gasteiger partial charge in [-0.05, 0) is 74.6 Å².